The number of hydrogen-bond donors (Lipinski definition) is 2. The fraction of sp³-hybridized carbons (Fsp3) is 0.143. The molecule has 1 heterocycles. The number of rotatable bonds is 3. The Morgan fingerprint density at radius 3 is 2.40 bits per heavy atom. The molecule has 5 nitrogen and oxygen atoms in total. The van der Waals surface area contributed by atoms with Crippen LogP contribution in [0.1, 0.15) is 21.5 Å². The number of benzene rings is 1. The number of anilines is 1. The molecule has 0 saturated heterocycles. The molecule has 4 N–H and O–H groups in total. The predicted molar refractivity (Wildman–Crippen MR) is 80.9 cm³/mol. The first-order valence-corrected chi connectivity index (χ1v) is 6.67. The third-order valence-corrected chi connectivity index (χ3v) is 4.01. The van der Waals surface area contributed by atoms with E-state index in [2.05, 4.69) is 20.9 Å². The summed E-state index contributed by atoms with van der Waals surface area (Å²) in [6.45, 7) is 3.91. The van der Waals surface area contributed by atoms with Gasteiger partial charge in [0.25, 0.3) is 5.91 Å². The summed E-state index contributed by atoms with van der Waals surface area (Å²) in [5, 5.41) is 0. The normalized spacial score (nSPS) is 10.3. The van der Waals surface area contributed by atoms with Gasteiger partial charge in [0.1, 0.15) is 11.3 Å². The van der Waals surface area contributed by atoms with E-state index in [4.69, 9.17) is 16.2 Å². The molecule has 0 bridgehead atoms. The minimum absolute atomic E-state index is 0.146. The molecule has 0 radical (unpaired) electrons. The van der Waals surface area contributed by atoms with Crippen molar-refractivity contribution in [1.29, 1.82) is 0 Å². The smallest absolute Gasteiger partial charge is 0.254 e. The van der Waals surface area contributed by atoms with Crippen LogP contribution in [0.5, 0.6) is 11.6 Å². The highest BCUT2D eigenvalue weighted by atomic mass is 79.9. The highest BCUT2D eigenvalue weighted by molar-refractivity contribution is 9.10. The summed E-state index contributed by atoms with van der Waals surface area (Å²) >= 11 is 3.48. The van der Waals surface area contributed by atoms with Crippen LogP contribution in [0.2, 0.25) is 0 Å². The molecule has 0 aliphatic rings. The number of carbonyl (C=O) groups excluding carboxylic acids is 1. The summed E-state index contributed by atoms with van der Waals surface area (Å²) in [7, 11) is 0. The Kier molecular flexibility index (Phi) is 3.94. The lowest BCUT2D eigenvalue weighted by atomic mass is 10.1. The highest BCUT2D eigenvalue weighted by Gasteiger charge is 2.13. The second kappa shape index (κ2) is 5.50. The molecule has 104 valence electrons. The van der Waals surface area contributed by atoms with Crippen molar-refractivity contribution in [2.75, 3.05) is 5.73 Å². The van der Waals surface area contributed by atoms with E-state index in [0.717, 1.165) is 15.6 Å². The zero-order valence-electron chi connectivity index (χ0n) is 11.1. The van der Waals surface area contributed by atoms with Crippen molar-refractivity contribution >= 4 is 27.5 Å². The van der Waals surface area contributed by atoms with Gasteiger partial charge in [-0.05, 0) is 43.2 Å². The van der Waals surface area contributed by atoms with Gasteiger partial charge in [0.05, 0.1) is 11.9 Å². The maximum Gasteiger partial charge on any atom is 0.254 e. The fourth-order valence-electron chi connectivity index (χ4n) is 1.80. The lowest BCUT2D eigenvalue weighted by molar-refractivity contribution is 0.0997. The van der Waals surface area contributed by atoms with Crippen LogP contribution in [-0.4, -0.2) is 10.9 Å². The number of amides is 1. The molecule has 0 fully saturated rings. The summed E-state index contributed by atoms with van der Waals surface area (Å²) < 4.78 is 6.67. The van der Waals surface area contributed by atoms with E-state index < -0.39 is 5.91 Å². The highest BCUT2D eigenvalue weighted by Crippen LogP contribution is 2.30. The SMILES string of the molecule is Cc1cc(Oc2ncc(N)cc2C(N)=O)cc(C)c1Br. The number of nitrogens with zero attached hydrogens (tertiary/aromatic N) is 1. The Morgan fingerprint density at radius 2 is 1.85 bits per heavy atom. The van der Waals surface area contributed by atoms with Gasteiger partial charge in [-0.2, -0.15) is 0 Å². The van der Waals surface area contributed by atoms with Crippen LogP contribution in [0.25, 0.3) is 0 Å². The van der Waals surface area contributed by atoms with Crippen LogP contribution in [0.15, 0.2) is 28.9 Å². The van der Waals surface area contributed by atoms with Gasteiger partial charge < -0.3 is 16.2 Å². The van der Waals surface area contributed by atoms with Crippen LogP contribution in [0, 0.1) is 13.8 Å². The maximum atomic E-state index is 11.4. The van der Waals surface area contributed by atoms with E-state index in [1.165, 1.54) is 12.3 Å². The number of ether oxygens (including phenoxy) is 1. The Hall–Kier alpha value is -2.08. The third-order valence-electron chi connectivity index (χ3n) is 2.76. The van der Waals surface area contributed by atoms with Gasteiger partial charge in [0.2, 0.25) is 5.88 Å². The van der Waals surface area contributed by atoms with Crippen LogP contribution >= 0.6 is 15.9 Å². The largest absolute Gasteiger partial charge is 0.438 e. The van der Waals surface area contributed by atoms with Crippen LogP contribution < -0.4 is 16.2 Å². The summed E-state index contributed by atoms with van der Waals surface area (Å²) in [6, 6.07) is 5.14. The first-order valence-electron chi connectivity index (χ1n) is 5.88. The van der Waals surface area contributed by atoms with E-state index in [0.29, 0.717) is 11.4 Å². The quantitative estimate of drug-likeness (QED) is 0.901. The van der Waals surface area contributed by atoms with Gasteiger partial charge in [0, 0.05) is 4.47 Å². The minimum atomic E-state index is -0.634. The molecule has 20 heavy (non-hydrogen) atoms. The standard InChI is InChI=1S/C14H14BrN3O2/c1-7-3-10(4-8(2)12(7)15)20-14-11(13(17)19)5-9(16)6-18-14/h3-6H,16H2,1-2H3,(H2,17,19). The van der Waals surface area contributed by atoms with Gasteiger partial charge in [-0.15, -0.1) is 0 Å². The number of aryl methyl sites for hydroxylation is 2. The van der Waals surface area contributed by atoms with Gasteiger partial charge >= 0.3 is 0 Å². The molecule has 0 spiro atoms. The Morgan fingerprint density at radius 1 is 1.25 bits per heavy atom. The van der Waals surface area contributed by atoms with Gasteiger partial charge in [-0.3, -0.25) is 4.79 Å². The number of pyridine rings is 1. The van der Waals surface area contributed by atoms with Crippen LogP contribution in [0.4, 0.5) is 5.69 Å². The molecule has 0 unspecified atom stereocenters. The number of carbonyl (C=O) groups is 1. The summed E-state index contributed by atoms with van der Waals surface area (Å²) in [4.78, 5) is 15.4. The molecule has 2 rings (SSSR count). The van der Waals surface area contributed by atoms with E-state index in [1.54, 1.807) is 0 Å². The molecular weight excluding hydrogens is 322 g/mol. The number of primary amides is 1. The average Bonchev–Trinajstić information content (AvgIpc) is 2.37. The molecule has 0 aliphatic carbocycles. The average molecular weight is 336 g/mol. The molecule has 0 aliphatic heterocycles. The molecule has 0 atom stereocenters. The van der Waals surface area contributed by atoms with Crippen molar-refractivity contribution in [3.8, 4) is 11.6 Å². The molecule has 1 aromatic heterocycles. The molecule has 1 amide bonds. The molecule has 2 aromatic rings. The number of nitrogens with two attached hydrogens (primary N) is 2. The second-order valence-corrected chi connectivity index (χ2v) is 5.25. The Bertz CT molecular complexity index is 663. The van der Waals surface area contributed by atoms with Crippen molar-refractivity contribution in [3.05, 3.63) is 45.6 Å². The van der Waals surface area contributed by atoms with Gasteiger partial charge in [-0.1, -0.05) is 15.9 Å². The van der Waals surface area contributed by atoms with E-state index in [1.807, 2.05) is 26.0 Å². The predicted octanol–water partition coefficient (Wildman–Crippen LogP) is 2.93. The maximum absolute atomic E-state index is 11.4. The first-order chi connectivity index (χ1) is 9.38. The van der Waals surface area contributed by atoms with Crippen molar-refractivity contribution in [1.82, 2.24) is 4.98 Å². The minimum Gasteiger partial charge on any atom is -0.438 e. The zero-order chi connectivity index (χ0) is 14.9. The van der Waals surface area contributed by atoms with Gasteiger partial charge in [-0.25, -0.2) is 4.98 Å². The van der Waals surface area contributed by atoms with Crippen LogP contribution in [0.3, 0.4) is 0 Å². The number of aromatic nitrogens is 1. The Labute approximate surface area is 125 Å². The summed E-state index contributed by atoms with van der Waals surface area (Å²) in [5.41, 5.74) is 13.5. The topological polar surface area (TPSA) is 91.2 Å². The van der Waals surface area contributed by atoms with E-state index in [-0.39, 0.29) is 11.4 Å². The van der Waals surface area contributed by atoms with Crippen molar-refractivity contribution < 1.29 is 9.53 Å². The van der Waals surface area contributed by atoms with E-state index in [9.17, 15) is 4.79 Å². The van der Waals surface area contributed by atoms with Gasteiger partial charge in [0.15, 0.2) is 0 Å². The monoisotopic (exact) mass is 335 g/mol. The first kappa shape index (κ1) is 14.3. The Balaban J connectivity index is 2.42. The lowest BCUT2D eigenvalue weighted by Crippen LogP contribution is -2.13. The number of nitrogen functional groups attached to an aromatic ring is 1. The number of hydrogen-bond acceptors (Lipinski definition) is 4. The molecular formula is C14H14BrN3O2. The second-order valence-electron chi connectivity index (χ2n) is 4.46. The van der Waals surface area contributed by atoms with Crippen molar-refractivity contribution in [3.63, 3.8) is 0 Å². The lowest BCUT2D eigenvalue weighted by Gasteiger charge is -2.11. The number of halogens is 1. The fourth-order valence-corrected chi connectivity index (χ4v) is 2.03. The molecule has 0 saturated carbocycles. The zero-order valence-corrected chi connectivity index (χ0v) is 12.7. The van der Waals surface area contributed by atoms with Crippen LogP contribution in [-0.2, 0) is 0 Å². The molecule has 1 aromatic carbocycles. The third kappa shape index (κ3) is 2.91. The van der Waals surface area contributed by atoms with E-state index >= 15 is 0 Å². The van der Waals surface area contributed by atoms with Crippen molar-refractivity contribution in [2.24, 2.45) is 5.73 Å². The van der Waals surface area contributed by atoms with Crippen molar-refractivity contribution in [2.45, 2.75) is 13.8 Å². The molecule has 6 heteroatoms. The summed E-state index contributed by atoms with van der Waals surface area (Å²) in [5.74, 6) is 0.0983. The summed E-state index contributed by atoms with van der Waals surface area (Å²) in [6.07, 6.45) is 1.42.